The lowest BCUT2D eigenvalue weighted by molar-refractivity contribution is -0.121. The van der Waals surface area contributed by atoms with Crippen molar-refractivity contribution >= 4 is 44.3 Å². The largest absolute Gasteiger partial charge is 0.361 e. The molecule has 0 aliphatic carbocycles. The monoisotopic (exact) mass is 429 g/mol. The minimum atomic E-state index is -0.354. The van der Waals surface area contributed by atoms with Gasteiger partial charge in [-0.3, -0.25) is 20.4 Å². The number of aromatic amines is 1. The van der Waals surface area contributed by atoms with Gasteiger partial charge in [0.15, 0.2) is 0 Å². The Balaban J connectivity index is 1.30. The second-order valence-corrected chi connectivity index (χ2v) is 8.23. The van der Waals surface area contributed by atoms with Crippen LogP contribution >= 0.6 is 11.3 Å². The lowest BCUT2D eigenvalue weighted by Crippen LogP contribution is -2.42. The van der Waals surface area contributed by atoms with Crippen LogP contribution in [0.3, 0.4) is 0 Å². The van der Waals surface area contributed by atoms with E-state index in [4.69, 9.17) is 0 Å². The van der Waals surface area contributed by atoms with E-state index in [1.165, 1.54) is 11.3 Å². The zero-order valence-corrected chi connectivity index (χ0v) is 17.5. The number of aromatic nitrogens is 3. The molecule has 0 saturated carbocycles. The predicted octanol–water partition coefficient (Wildman–Crippen LogP) is 3.88. The van der Waals surface area contributed by atoms with Crippen molar-refractivity contribution in [1.82, 2.24) is 25.6 Å². The first-order valence-electron chi connectivity index (χ1n) is 9.79. The van der Waals surface area contributed by atoms with Crippen molar-refractivity contribution in [3.8, 4) is 5.69 Å². The summed E-state index contributed by atoms with van der Waals surface area (Å²) < 4.78 is 1.84. The number of hydrogen-bond acceptors (Lipinski definition) is 4. The van der Waals surface area contributed by atoms with Gasteiger partial charge in [0.05, 0.1) is 22.7 Å². The molecule has 2 amide bonds. The molecule has 8 heteroatoms. The quantitative estimate of drug-likeness (QED) is 0.379. The number of aryl methyl sites for hydroxylation is 1. The van der Waals surface area contributed by atoms with E-state index in [1.54, 1.807) is 0 Å². The van der Waals surface area contributed by atoms with Crippen LogP contribution in [0.5, 0.6) is 0 Å². The highest BCUT2D eigenvalue weighted by Gasteiger charge is 2.18. The van der Waals surface area contributed by atoms with Crippen LogP contribution in [-0.4, -0.2) is 26.6 Å². The number of thiophene rings is 1. The number of carbonyl (C=O) groups excluding carboxylic acids is 2. The smallest absolute Gasteiger partial charge is 0.279 e. The third-order valence-corrected chi connectivity index (χ3v) is 6.22. The van der Waals surface area contributed by atoms with Gasteiger partial charge >= 0.3 is 0 Å². The van der Waals surface area contributed by atoms with Crippen molar-refractivity contribution in [2.24, 2.45) is 0 Å². The lowest BCUT2D eigenvalue weighted by Gasteiger charge is -2.06. The third-order valence-electron chi connectivity index (χ3n) is 5.11. The second kappa shape index (κ2) is 7.73. The Labute approximate surface area is 181 Å². The molecule has 0 unspecified atom stereocenters. The molecule has 0 fully saturated rings. The van der Waals surface area contributed by atoms with Crippen LogP contribution in [0.25, 0.3) is 26.8 Å². The van der Waals surface area contributed by atoms with Crippen LogP contribution in [0, 0.1) is 6.92 Å². The summed E-state index contributed by atoms with van der Waals surface area (Å²) in [5.74, 6) is -0.640. The Bertz CT molecular complexity index is 1410. The Morgan fingerprint density at radius 2 is 1.81 bits per heavy atom. The molecule has 0 aliphatic heterocycles. The van der Waals surface area contributed by atoms with Crippen molar-refractivity contribution in [2.45, 2.75) is 13.3 Å². The molecule has 7 nitrogen and oxygen atoms in total. The van der Waals surface area contributed by atoms with E-state index in [1.807, 2.05) is 78.5 Å². The van der Waals surface area contributed by atoms with Gasteiger partial charge < -0.3 is 4.98 Å². The maximum absolute atomic E-state index is 12.6. The summed E-state index contributed by atoms with van der Waals surface area (Å²) in [6.45, 7) is 1.92. The molecule has 5 rings (SSSR count). The fraction of sp³-hybridized carbons (Fsp3) is 0.0870. The number of nitrogens with zero attached hydrogens (tertiary/aromatic N) is 2. The summed E-state index contributed by atoms with van der Waals surface area (Å²) >= 11 is 1.34. The van der Waals surface area contributed by atoms with Gasteiger partial charge in [-0.15, -0.1) is 11.3 Å². The van der Waals surface area contributed by atoms with Crippen LogP contribution in [0.1, 0.15) is 20.9 Å². The van der Waals surface area contributed by atoms with Crippen molar-refractivity contribution in [3.63, 3.8) is 0 Å². The van der Waals surface area contributed by atoms with Crippen LogP contribution in [-0.2, 0) is 11.2 Å². The van der Waals surface area contributed by atoms with Gasteiger partial charge in [-0.25, -0.2) is 4.68 Å². The number of fused-ring (bicyclic) bond motifs is 2. The number of amides is 2. The van der Waals surface area contributed by atoms with Crippen molar-refractivity contribution in [1.29, 1.82) is 0 Å². The molecule has 5 aromatic rings. The average molecular weight is 430 g/mol. The van der Waals surface area contributed by atoms with E-state index >= 15 is 0 Å². The summed E-state index contributed by atoms with van der Waals surface area (Å²) in [6.07, 6.45) is 1.98. The zero-order chi connectivity index (χ0) is 21.4. The normalized spacial score (nSPS) is 11.1. The molecule has 154 valence electrons. The highest BCUT2D eigenvalue weighted by Crippen LogP contribution is 2.30. The molecular formula is C23H19N5O2S. The van der Waals surface area contributed by atoms with E-state index < -0.39 is 0 Å². The molecule has 0 spiro atoms. The zero-order valence-electron chi connectivity index (χ0n) is 16.7. The highest BCUT2D eigenvalue weighted by atomic mass is 32.1. The Morgan fingerprint density at radius 3 is 2.65 bits per heavy atom. The summed E-state index contributed by atoms with van der Waals surface area (Å²) in [4.78, 5) is 29.5. The van der Waals surface area contributed by atoms with E-state index in [0.29, 0.717) is 4.88 Å². The fourth-order valence-electron chi connectivity index (χ4n) is 3.59. The minimum absolute atomic E-state index is 0.165. The molecule has 0 atom stereocenters. The first kappa shape index (κ1) is 19.1. The van der Waals surface area contributed by atoms with E-state index in [0.717, 1.165) is 38.1 Å². The van der Waals surface area contributed by atoms with Gasteiger partial charge in [0.25, 0.3) is 5.91 Å². The van der Waals surface area contributed by atoms with Crippen molar-refractivity contribution in [3.05, 3.63) is 83.0 Å². The van der Waals surface area contributed by atoms with Crippen LogP contribution < -0.4 is 10.9 Å². The van der Waals surface area contributed by atoms with Gasteiger partial charge in [-0.05, 0) is 36.8 Å². The maximum atomic E-state index is 12.6. The molecule has 3 aromatic heterocycles. The summed E-state index contributed by atoms with van der Waals surface area (Å²) in [6, 6.07) is 19.4. The number of H-pyrrole nitrogens is 1. The van der Waals surface area contributed by atoms with Crippen LogP contribution in [0.2, 0.25) is 0 Å². The Hall–Kier alpha value is -3.91. The molecule has 3 N–H and O–H groups in total. The SMILES string of the molecule is Cc1nn(-c2ccccc2)c2sc(C(=O)NNC(=O)Cc3c[nH]c4ccccc34)cc12. The number of hydrogen-bond donors (Lipinski definition) is 3. The summed E-state index contributed by atoms with van der Waals surface area (Å²) in [5, 5.41) is 6.50. The van der Waals surface area contributed by atoms with Gasteiger partial charge in [0.1, 0.15) is 4.83 Å². The van der Waals surface area contributed by atoms with Crippen LogP contribution in [0.15, 0.2) is 66.9 Å². The maximum Gasteiger partial charge on any atom is 0.279 e. The number of nitrogens with one attached hydrogen (secondary N) is 3. The van der Waals surface area contributed by atoms with Gasteiger partial charge in [-0.2, -0.15) is 5.10 Å². The first-order valence-corrected chi connectivity index (χ1v) is 10.6. The molecule has 0 saturated heterocycles. The second-order valence-electron chi connectivity index (χ2n) is 7.20. The average Bonchev–Trinajstić information content (AvgIpc) is 3.48. The molecule has 31 heavy (non-hydrogen) atoms. The molecule has 0 bridgehead atoms. The lowest BCUT2D eigenvalue weighted by atomic mass is 10.1. The van der Waals surface area contributed by atoms with Gasteiger partial charge in [0.2, 0.25) is 5.91 Å². The number of carbonyl (C=O) groups is 2. The highest BCUT2D eigenvalue weighted by molar-refractivity contribution is 7.20. The predicted molar refractivity (Wildman–Crippen MR) is 121 cm³/mol. The molecule has 0 aliphatic rings. The van der Waals surface area contributed by atoms with Gasteiger partial charge in [0, 0.05) is 22.5 Å². The Morgan fingerprint density at radius 1 is 1.03 bits per heavy atom. The number of para-hydroxylation sites is 2. The third kappa shape index (κ3) is 3.57. The summed E-state index contributed by atoms with van der Waals surface area (Å²) in [5.41, 5.74) is 8.66. The minimum Gasteiger partial charge on any atom is -0.361 e. The first-order chi connectivity index (χ1) is 15.1. The van der Waals surface area contributed by atoms with Crippen molar-refractivity contribution < 1.29 is 9.59 Å². The number of rotatable bonds is 4. The van der Waals surface area contributed by atoms with Gasteiger partial charge in [-0.1, -0.05) is 36.4 Å². The van der Waals surface area contributed by atoms with Crippen molar-refractivity contribution in [2.75, 3.05) is 0 Å². The molecular weight excluding hydrogens is 410 g/mol. The van der Waals surface area contributed by atoms with E-state index in [2.05, 4.69) is 20.9 Å². The number of hydrazine groups is 1. The standard InChI is InChI=1S/C23H19N5O2S/c1-14-18-12-20(31-23(18)28(27-14)16-7-3-2-4-8-16)22(30)26-25-21(29)11-15-13-24-19-10-6-5-9-17(15)19/h2-10,12-13,24H,11H2,1H3,(H,25,29)(H,26,30). The molecule has 2 aromatic carbocycles. The Kier molecular flexibility index (Phi) is 4.76. The molecule has 0 radical (unpaired) electrons. The van der Waals surface area contributed by atoms with Crippen LogP contribution in [0.4, 0.5) is 0 Å². The topological polar surface area (TPSA) is 91.8 Å². The fourth-order valence-corrected chi connectivity index (χ4v) is 4.66. The molecule has 3 heterocycles. The number of benzene rings is 2. The van der Waals surface area contributed by atoms with E-state index in [-0.39, 0.29) is 18.2 Å². The van der Waals surface area contributed by atoms with E-state index in [9.17, 15) is 9.59 Å². The summed E-state index contributed by atoms with van der Waals surface area (Å²) in [7, 11) is 0.